The minimum atomic E-state index is -3.98. The molecule has 0 aliphatic carbocycles. The normalized spacial score (nSPS) is 12.9. The molecule has 3 aromatic heterocycles. The van der Waals surface area contributed by atoms with Gasteiger partial charge in [0.2, 0.25) is 0 Å². The molecule has 0 aliphatic heterocycles. The summed E-state index contributed by atoms with van der Waals surface area (Å²) in [7, 11) is 1.38. The molecular formula is C18H10Cl2N2O4S3. The predicted molar refractivity (Wildman–Crippen MR) is 114 cm³/mol. The molecule has 0 spiro atoms. The highest BCUT2D eigenvalue weighted by atomic mass is 35.7. The predicted octanol–water partition coefficient (Wildman–Crippen LogP) is 5.12. The van der Waals surface area contributed by atoms with Crippen LogP contribution in [0.2, 0.25) is 4.34 Å². The van der Waals surface area contributed by atoms with Gasteiger partial charge in [-0.1, -0.05) is 23.7 Å². The Labute approximate surface area is 182 Å². The molecule has 1 atom stereocenters. The largest absolute Gasteiger partial charge is 0.341 e. The summed E-state index contributed by atoms with van der Waals surface area (Å²) in [6.45, 7) is 0. The Morgan fingerprint density at radius 2 is 1.62 bits per heavy atom. The van der Waals surface area contributed by atoms with Gasteiger partial charge in [0, 0.05) is 10.7 Å². The average molecular weight is 485 g/mol. The fourth-order valence-electron chi connectivity index (χ4n) is 2.79. The van der Waals surface area contributed by atoms with E-state index >= 15 is 0 Å². The Bertz CT molecular complexity index is 1320. The Morgan fingerprint density at radius 1 is 0.966 bits per heavy atom. The zero-order chi connectivity index (χ0) is 20.8. The third kappa shape index (κ3) is 4.01. The van der Waals surface area contributed by atoms with Crippen molar-refractivity contribution < 1.29 is 18.0 Å². The maximum atomic E-state index is 13.2. The lowest BCUT2D eigenvalue weighted by Gasteiger charge is -2.10. The number of nitrogens with zero attached hydrogens (tertiary/aromatic N) is 1. The number of halogens is 2. The number of fused-ring (bicyclic) bond motifs is 1. The number of hydrogen-bond acceptors (Lipinski definition) is 7. The van der Waals surface area contributed by atoms with Crippen molar-refractivity contribution in [1.29, 1.82) is 0 Å². The number of benzene rings is 1. The first-order valence-corrected chi connectivity index (χ1v) is 12.4. The third-order valence-electron chi connectivity index (χ3n) is 4.09. The average Bonchev–Trinajstić information content (AvgIpc) is 3.39. The smallest absolute Gasteiger partial charge is 0.270 e. The van der Waals surface area contributed by atoms with Crippen LogP contribution in [-0.2, 0) is 9.05 Å². The minimum absolute atomic E-state index is 0.0886. The van der Waals surface area contributed by atoms with Crippen LogP contribution >= 0.6 is 45.0 Å². The molecule has 0 saturated heterocycles. The van der Waals surface area contributed by atoms with Crippen molar-refractivity contribution >= 4 is 76.6 Å². The molecule has 0 saturated carbocycles. The number of aromatic amines is 1. The van der Waals surface area contributed by atoms with Crippen LogP contribution in [0.25, 0.3) is 11.0 Å². The molecule has 11 heteroatoms. The molecule has 0 amide bonds. The Morgan fingerprint density at radius 3 is 2.21 bits per heavy atom. The van der Waals surface area contributed by atoms with Crippen molar-refractivity contribution in [3.8, 4) is 0 Å². The summed E-state index contributed by atoms with van der Waals surface area (Å²) < 4.78 is 23.3. The summed E-state index contributed by atoms with van der Waals surface area (Å²) in [6, 6.07) is 12.8. The molecule has 0 fully saturated rings. The first-order chi connectivity index (χ1) is 13.7. The lowest BCUT2D eigenvalue weighted by atomic mass is 9.96. The van der Waals surface area contributed by atoms with E-state index in [0.29, 0.717) is 31.6 Å². The summed E-state index contributed by atoms with van der Waals surface area (Å²) in [4.78, 5) is 34.2. The van der Waals surface area contributed by atoms with Gasteiger partial charge < -0.3 is 4.98 Å². The molecule has 148 valence electrons. The lowest BCUT2D eigenvalue weighted by Crippen LogP contribution is -2.22. The number of rotatable bonds is 6. The summed E-state index contributed by atoms with van der Waals surface area (Å²) in [6.07, 6.45) is 0. The Balaban J connectivity index is 1.82. The van der Waals surface area contributed by atoms with Crippen LogP contribution in [0.15, 0.2) is 52.7 Å². The van der Waals surface area contributed by atoms with Gasteiger partial charge >= 0.3 is 0 Å². The number of thiophene rings is 2. The van der Waals surface area contributed by atoms with Crippen molar-refractivity contribution in [3.63, 3.8) is 0 Å². The number of H-pyrrole nitrogens is 1. The quantitative estimate of drug-likeness (QED) is 0.232. The molecule has 29 heavy (non-hydrogen) atoms. The fourth-order valence-corrected chi connectivity index (χ4v) is 5.85. The van der Waals surface area contributed by atoms with Crippen molar-refractivity contribution in [2.75, 3.05) is 0 Å². The van der Waals surface area contributed by atoms with Gasteiger partial charge in [-0.25, -0.2) is 13.4 Å². The molecule has 3 heterocycles. The zero-order valence-electron chi connectivity index (χ0n) is 14.3. The third-order valence-corrected chi connectivity index (χ3v) is 8.52. The number of nitrogens with one attached hydrogen (secondary N) is 1. The summed E-state index contributed by atoms with van der Waals surface area (Å²) in [5.41, 5.74) is 1.28. The number of imidazole rings is 1. The van der Waals surface area contributed by atoms with E-state index in [1.54, 1.807) is 36.4 Å². The first-order valence-electron chi connectivity index (χ1n) is 8.07. The van der Waals surface area contributed by atoms with Crippen LogP contribution in [0, 0.1) is 0 Å². The van der Waals surface area contributed by atoms with E-state index in [1.807, 2.05) is 0 Å². The standard InChI is InChI=1S/C18H10Cl2N2O4S3/c19-13-7-5-11(27-13)16(23)15(18-21-9-3-1-2-4-10(9)22-18)17(24)12-6-8-14(28-12)29(20,25)26/h1-8,15H,(H,21,22). The zero-order valence-corrected chi connectivity index (χ0v) is 18.2. The van der Waals surface area contributed by atoms with E-state index in [2.05, 4.69) is 9.97 Å². The minimum Gasteiger partial charge on any atom is -0.341 e. The van der Waals surface area contributed by atoms with Gasteiger partial charge in [-0.2, -0.15) is 0 Å². The topological polar surface area (TPSA) is 97.0 Å². The van der Waals surface area contributed by atoms with E-state index in [0.717, 1.165) is 11.3 Å². The van der Waals surface area contributed by atoms with Gasteiger partial charge in [0.25, 0.3) is 9.05 Å². The number of para-hydroxylation sites is 2. The number of carbonyl (C=O) groups excluding carboxylic acids is 2. The van der Waals surface area contributed by atoms with E-state index in [1.165, 1.54) is 12.1 Å². The monoisotopic (exact) mass is 484 g/mol. The second-order valence-corrected chi connectivity index (χ2v) is 11.6. The summed E-state index contributed by atoms with van der Waals surface area (Å²) in [5, 5.41) is 0. The van der Waals surface area contributed by atoms with Gasteiger partial charge in [0.05, 0.1) is 25.1 Å². The van der Waals surface area contributed by atoms with E-state index in [-0.39, 0.29) is 14.9 Å². The molecule has 6 nitrogen and oxygen atoms in total. The van der Waals surface area contributed by atoms with Gasteiger partial charge in [-0.05, 0) is 36.4 Å². The highest BCUT2D eigenvalue weighted by Crippen LogP contribution is 2.33. The number of Topliss-reactive ketones (excluding diaryl/α,β-unsaturated/α-hetero) is 2. The number of aromatic nitrogens is 2. The molecule has 4 rings (SSSR count). The highest BCUT2D eigenvalue weighted by Gasteiger charge is 2.35. The molecule has 1 aromatic carbocycles. The van der Waals surface area contributed by atoms with Crippen LogP contribution in [0.5, 0.6) is 0 Å². The molecule has 0 bridgehead atoms. The van der Waals surface area contributed by atoms with Crippen molar-refractivity contribution in [2.24, 2.45) is 0 Å². The number of hydrogen-bond donors (Lipinski definition) is 1. The van der Waals surface area contributed by atoms with E-state index in [9.17, 15) is 18.0 Å². The number of carbonyl (C=O) groups is 2. The van der Waals surface area contributed by atoms with Crippen molar-refractivity contribution in [1.82, 2.24) is 9.97 Å². The van der Waals surface area contributed by atoms with Crippen LogP contribution in [0.3, 0.4) is 0 Å². The van der Waals surface area contributed by atoms with E-state index in [4.69, 9.17) is 22.3 Å². The summed E-state index contributed by atoms with van der Waals surface area (Å²) >= 11 is 7.71. The molecule has 1 unspecified atom stereocenters. The molecule has 0 aliphatic rings. The van der Waals surface area contributed by atoms with Crippen molar-refractivity contribution in [3.05, 3.63) is 68.4 Å². The fraction of sp³-hybridized carbons (Fsp3) is 0.0556. The lowest BCUT2D eigenvalue weighted by molar-refractivity contribution is 0.0861. The SMILES string of the molecule is O=C(c1ccc(Cl)s1)C(C(=O)c1ccc(S(=O)(=O)Cl)s1)c1nc2ccccc2[nH]1. The van der Waals surface area contributed by atoms with Crippen LogP contribution < -0.4 is 0 Å². The Kier molecular flexibility index (Phi) is 5.34. The second kappa shape index (κ2) is 7.66. The van der Waals surface area contributed by atoms with Gasteiger partial charge in [-0.3, -0.25) is 9.59 Å². The maximum absolute atomic E-state index is 13.2. The molecular weight excluding hydrogens is 475 g/mol. The molecule has 4 aromatic rings. The van der Waals surface area contributed by atoms with Crippen LogP contribution in [0.1, 0.15) is 31.1 Å². The van der Waals surface area contributed by atoms with Crippen LogP contribution in [0.4, 0.5) is 0 Å². The van der Waals surface area contributed by atoms with E-state index < -0.39 is 26.5 Å². The van der Waals surface area contributed by atoms with Gasteiger partial charge in [0.1, 0.15) is 16.0 Å². The highest BCUT2D eigenvalue weighted by molar-refractivity contribution is 8.15. The van der Waals surface area contributed by atoms with Gasteiger partial charge in [-0.15, -0.1) is 22.7 Å². The van der Waals surface area contributed by atoms with Crippen LogP contribution in [-0.4, -0.2) is 30.0 Å². The summed E-state index contributed by atoms with van der Waals surface area (Å²) in [5.74, 6) is -2.15. The Hall–Kier alpha value is -2.04. The molecule has 1 N–H and O–H groups in total. The van der Waals surface area contributed by atoms with Crippen molar-refractivity contribution in [2.45, 2.75) is 10.1 Å². The molecule has 0 radical (unpaired) electrons. The maximum Gasteiger partial charge on any atom is 0.270 e. The number of ketones is 2. The first kappa shape index (κ1) is 20.2. The van der Waals surface area contributed by atoms with Gasteiger partial charge in [0.15, 0.2) is 11.6 Å². The second-order valence-electron chi connectivity index (χ2n) is 5.96.